The third-order valence-electron chi connectivity index (χ3n) is 5.25. The average molecular weight is 496 g/mol. The van der Waals surface area contributed by atoms with Crippen molar-refractivity contribution in [2.45, 2.75) is 38.8 Å². The van der Waals surface area contributed by atoms with Crippen LogP contribution in [0, 0.1) is 11.7 Å². The summed E-state index contributed by atoms with van der Waals surface area (Å²) < 4.78 is 22.4. The van der Waals surface area contributed by atoms with Crippen LogP contribution in [-0.2, 0) is 24.7 Å². The van der Waals surface area contributed by atoms with Crippen LogP contribution in [-0.4, -0.2) is 31.7 Å². The minimum absolute atomic E-state index is 0.217. The third kappa shape index (κ3) is 4.96. The number of halogens is 3. The first kappa shape index (κ1) is 21.6. The van der Waals surface area contributed by atoms with Gasteiger partial charge in [0.05, 0.1) is 6.10 Å². The summed E-state index contributed by atoms with van der Waals surface area (Å²) in [7, 11) is 1.02. The Hall–Kier alpha value is -1.68. The molecule has 158 valence electrons. The zero-order valence-corrected chi connectivity index (χ0v) is 19.1. The van der Waals surface area contributed by atoms with E-state index in [1.54, 1.807) is 17.7 Å². The molecule has 2 aromatic heterocycles. The molecule has 0 amide bonds. The summed E-state index contributed by atoms with van der Waals surface area (Å²) in [6, 6.07) is 4.28. The monoisotopic (exact) mass is 494 g/mol. The highest BCUT2D eigenvalue weighted by molar-refractivity contribution is 9.10. The van der Waals surface area contributed by atoms with Crippen molar-refractivity contribution in [1.82, 2.24) is 19.6 Å². The number of rotatable bonds is 4. The summed E-state index contributed by atoms with van der Waals surface area (Å²) in [4.78, 5) is 0. The average Bonchev–Trinajstić information content (AvgIpc) is 3.26. The number of hydrogen-bond donors (Lipinski definition) is 1. The van der Waals surface area contributed by atoms with E-state index in [0.29, 0.717) is 10.6 Å². The summed E-state index contributed by atoms with van der Waals surface area (Å²) >= 11 is 9.64. The van der Waals surface area contributed by atoms with Gasteiger partial charge in [-0.3, -0.25) is 9.36 Å². The predicted molar refractivity (Wildman–Crippen MR) is 117 cm³/mol. The van der Waals surface area contributed by atoms with Gasteiger partial charge in [0.2, 0.25) is 0 Å². The van der Waals surface area contributed by atoms with E-state index in [9.17, 15) is 9.41 Å². The normalized spacial score (nSPS) is 17.7. The zero-order chi connectivity index (χ0) is 21.4. The summed E-state index contributed by atoms with van der Waals surface area (Å²) in [6.45, 7) is 2.78. The van der Waals surface area contributed by atoms with E-state index in [1.807, 2.05) is 17.9 Å². The molecule has 5 rings (SSSR count). The molecule has 0 unspecified atom stereocenters. The van der Waals surface area contributed by atoms with Crippen molar-refractivity contribution in [2.75, 3.05) is 0 Å². The maximum absolute atomic E-state index is 12.7. The summed E-state index contributed by atoms with van der Waals surface area (Å²) in [5.41, 5.74) is 3.60. The summed E-state index contributed by atoms with van der Waals surface area (Å²) in [5.74, 6) is 0.511. The number of aromatic nitrogens is 4. The molecular weight excluding hydrogens is 473 g/mol. The molecule has 3 aromatic rings. The molecule has 1 aliphatic heterocycles. The second-order valence-electron chi connectivity index (χ2n) is 7.81. The Morgan fingerprint density at radius 1 is 1.30 bits per heavy atom. The van der Waals surface area contributed by atoms with Crippen LogP contribution < -0.4 is 5.46 Å². The van der Waals surface area contributed by atoms with E-state index in [0.717, 1.165) is 40.2 Å². The molecule has 1 atom stereocenters. The summed E-state index contributed by atoms with van der Waals surface area (Å²) in [5, 5.41) is 18.5. The molecular formula is C20H22BBrClFN4O2. The Morgan fingerprint density at radius 3 is 2.73 bits per heavy atom. The third-order valence-corrected chi connectivity index (χ3v) is 6.23. The van der Waals surface area contributed by atoms with Crippen molar-refractivity contribution in [3.63, 3.8) is 0 Å². The topological polar surface area (TPSA) is 65.1 Å². The van der Waals surface area contributed by atoms with Gasteiger partial charge >= 0.3 is 7.12 Å². The van der Waals surface area contributed by atoms with E-state index in [-0.39, 0.29) is 11.9 Å². The highest BCUT2D eigenvalue weighted by Crippen LogP contribution is 2.31. The van der Waals surface area contributed by atoms with Crippen LogP contribution in [0.5, 0.6) is 0 Å². The van der Waals surface area contributed by atoms with Crippen LogP contribution in [0.4, 0.5) is 4.39 Å². The van der Waals surface area contributed by atoms with Crippen molar-refractivity contribution in [3.05, 3.63) is 62.9 Å². The number of nitrogens with zero attached hydrogens (tertiary/aromatic N) is 4. The Labute approximate surface area is 188 Å². The van der Waals surface area contributed by atoms with Crippen molar-refractivity contribution in [3.8, 4) is 0 Å². The second kappa shape index (κ2) is 8.82. The lowest BCUT2D eigenvalue weighted by Crippen LogP contribution is -2.27. The van der Waals surface area contributed by atoms with Crippen molar-refractivity contribution < 1.29 is 14.1 Å². The fourth-order valence-electron chi connectivity index (χ4n) is 3.51. The van der Waals surface area contributed by atoms with Crippen LogP contribution in [0.2, 0.25) is 5.15 Å². The smallest absolute Gasteiger partial charge is 0.423 e. The lowest BCUT2D eigenvalue weighted by molar-refractivity contribution is 0.208. The molecule has 0 spiro atoms. The quantitative estimate of drug-likeness (QED) is 0.562. The number of fused-ring (bicyclic) bond motifs is 1. The molecule has 1 aliphatic carbocycles. The first-order chi connectivity index (χ1) is 14.3. The van der Waals surface area contributed by atoms with Gasteiger partial charge in [0.15, 0.2) is 5.15 Å². The molecule has 2 aliphatic rings. The molecule has 0 bridgehead atoms. The zero-order valence-electron chi connectivity index (χ0n) is 16.7. The minimum Gasteiger partial charge on any atom is -0.423 e. The van der Waals surface area contributed by atoms with Crippen LogP contribution in [0.25, 0.3) is 0 Å². The highest BCUT2D eigenvalue weighted by Gasteiger charge is 2.32. The molecule has 3 heterocycles. The van der Waals surface area contributed by atoms with Crippen molar-refractivity contribution in [2.24, 2.45) is 13.0 Å². The molecule has 1 fully saturated rings. The van der Waals surface area contributed by atoms with Crippen LogP contribution in [0.15, 0.2) is 35.2 Å². The van der Waals surface area contributed by atoms with Gasteiger partial charge in [-0.05, 0) is 64.8 Å². The van der Waals surface area contributed by atoms with Crippen LogP contribution in [0.3, 0.4) is 0 Å². The maximum atomic E-state index is 12.7. The van der Waals surface area contributed by atoms with Crippen molar-refractivity contribution in [1.29, 1.82) is 0 Å². The molecule has 1 N–H and O–H groups in total. The van der Waals surface area contributed by atoms with Crippen molar-refractivity contribution >= 4 is 40.1 Å². The van der Waals surface area contributed by atoms with E-state index in [2.05, 4.69) is 32.3 Å². The first-order valence-electron chi connectivity index (χ1n) is 9.83. The van der Waals surface area contributed by atoms with Gasteiger partial charge in [0.1, 0.15) is 10.4 Å². The Balaban J connectivity index is 0.000000158. The van der Waals surface area contributed by atoms with E-state index in [1.165, 1.54) is 25.0 Å². The van der Waals surface area contributed by atoms with Crippen LogP contribution in [0.1, 0.15) is 42.6 Å². The SMILES string of the molecule is C[C@H]1OB(O)c2ccc(F)cc21.Cn1cc(Cc2cn(CC3CC3)nc2Cl)c(Br)n1. The second-order valence-corrected chi connectivity index (χ2v) is 8.92. The van der Waals surface area contributed by atoms with Gasteiger partial charge < -0.3 is 9.68 Å². The van der Waals surface area contributed by atoms with Gasteiger partial charge in [-0.1, -0.05) is 17.7 Å². The molecule has 30 heavy (non-hydrogen) atoms. The van der Waals surface area contributed by atoms with Gasteiger partial charge in [-0.15, -0.1) is 0 Å². The number of aryl methyl sites for hydroxylation is 1. The molecule has 0 radical (unpaired) electrons. The van der Waals surface area contributed by atoms with Gasteiger partial charge in [0.25, 0.3) is 0 Å². The Kier molecular flexibility index (Phi) is 6.34. The van der Waals surface area contributed by atoms with Crippen LogP contribution >= 0.6 is 27.5 Å². The molecule has 1 saturated carbocycles. The standard InChI is InChI=1S/C12H14BrClN4.C8H8BFO2/c1-17-6-9(11(13)15-17)4-10-7-18(16-12(10)14)5-8-2-3-8;1-5-7-4-6(10)2-3-8(7)9(11)12-5/h6-8H,2-5H2,1H3;2-5,11H,1H3/t;5-/m.1/s1. The minimum atomic E-state index is -0.893. The fraction of sp³-hybridized carbons (Fsp3) is 0.400. The van der Waals surface area contributed by atoms with Gasteiger partial charge in [-0.2, -0.15) is 10.2 Å². The van der Waals surface area contributed by atoms with E-state index >= 15 is 0 Å². The fourth-order valence-corrected chi connectivity index (χ4v) is 4.22. The summed E-state index contributed by atoms with van der Waals surface area (Å²) in [6.07, 6.45) is 7.24. The van der Waals surface area contributed by atoms with Gasteiger partial charge in [0, 0.05) is 43.5 Å². The van der Waals surface area contributed by atoms with Gasteiger partial charge in [-0.25, -0.2) is 4.39 Å². The van der Waals surface area contributed by atoms with E-state index < -0.39 is 7.12 Å². The molecule has 0 saturated heterocycles. The number of benzene rings is 1. The first-order valence-corrected chi connectivity index (χ1v) is 11.0. The molecule has 1 aromatic carbocycles. The number of hydrogen-bond acceptors (Lipinski definition) is 4. The molecule has 10 heteroatoms. The van der Waals surface area contributed by atoms with E-state index in [4.69, 9.17) is 16.3 Å². The lowest BCUT2D eigenvalue weighted by Gasteiger charge is -2.02. The largest absolute Gasteiger partial charge is 0.491 e. The lowest BCUT2D eigenvalue weighted by atomic mass is 9.79. The predicted octanol–water partition coefficient (Wildman–Crippen LogP) is 3.64. The molecule has 6 nitrogen and oxygen atoms in total. The Morgan fingerprint density at radius 2 is 2.07 bits per heavy atom. The Bertz CT molecular complexity index is 1060. The highest BCUT2D eigenvalue weighted by atomic mass is 79.9. The maximum Gasteiger partial charge on any atom is 0.491 e.